The SMILES string of the molecule is COC[C@@H]1[C@H](NC(=O)Cc2ccc3c(c2)c2ccccc2n3C)[C@@H]2CCO[C@H]12. The Labute approximate surface area is 164 Å². The average molecular weight is 378 g/mol. The van der Waals surface area contributed by atoms with E-state index in [1.54, 1.807) is 7.11 Å². The zero-order valence-corrected chi connectivity index (χ0v) is 16.4. The molecule has 28 heavy (non-hydrogen) atoms. The first-order valence-corrected chi connectivity index (χ1v) is 10.0. The zero-order valence-electron chi connectivity index (χ0n) is 16.4. The van der Waals surface area contributed by atoms with E-state index in [1.165, 1.54) is 21.8 Å². The van der Waals surface area contributed by atoms with Crippen LogP contribution >= 0.6 is 0 Å². The third-order valence-electron chi connectivity index (χ3n) is 6.56. The highest BCUT2D eigenvalue weighted by atomic mass is 16.5. The first-order valence-electron chi connectivity index (χ1n) is 10.0. The highest BCUT2D eigenvalue weighted by Crippen LogP contribution is 2.43. The molecule has 2 aliphatic rings. The molecule has 1 saturated heterocycles. The molecule has 1 aliphatic heterocycles. The lowest BCUT2D eigenvalue weighted by molar-refractivity contribution is -0.129. The number of fused-ring (bicyclic) bond motifs is 4. The van der Waals surface area contributed by atoms with Crippen LogP contribution in [0.1, 0.15) is 12.0 Å². The topological polar surface area (TPSA) is 52.5 Å². The molecule has 1 saturated carbocycles. The van der Waals surface area contributed by atoms with Crippen LogP contribution in [0.5, 0.6) is 0 Å². The molecule has 0 spiro atoms. The number of nitrogens with one attached hydrogen (secondary N) is 1. The van der Waals surface area contributed by atoms with Gasteiger partial charge in [0.25, 0.3) is 0 Å². The molecule has 3 aromatic rings. The first kappa shape index (κ1) is 17.7. The first-order chi connectivity index (χ1) is 13.7. The Morgan fingerprint density at radius 2 is 2.04 bits per heavy atom. The summed E-state index contributed by atoms with van der Waals surface area (Å²) in [5, 5.41) is 5.69. The van der Waals surface area contributed by atoms with E-state index < -0.39 is 0 Å². The summed E-state index contributed by atoms with van der Waals surface area (Å²) < 4.78 is 13.4. The minimum absolute atomic E-state index is 0.0797. The lowest BCUT2D eigenvalue weighted by atomic mass is 9.67. The number of para-hydroxylation sites is 1. The van der Waals surface area contributed by atoms with Crippen LogP contribution in [-0.4, -0.2) is 42.9 Å². The predicted molar refractivity (Wildman–Crippen MR) is 109 cm³/mol. The standard InChI is InChI=1S/C23H26N2O3/c1-25-19-6-4-3-5-15(19)17-11-14(7-8-20(17)25)12-21(26)24-22-16-9-10-28-23(16)18(22)13-27-2/h3-8,11,16,18,22-23H,9-10,12-13H2,1-2H3,(H,24,26)/t16-,18+,22+,23-/m0/s1. The number of amides is 1. The quantitative estimate of drug-likeness (QED) is 0.742. The van der Waals surface area contributed by atoms with Crippen molar-refractivity contribution in [3.63, 3.8) is 0 Å². The monoisotopic (exact) mass is 378 g/mol. The molecule has 0 radical (unpaired) electrons. The minimum atomic E-state index is 0.0797. The Balaban J connectivity index is 1.35. The Bertz CT molecular complexity index is 1040. The van der Waals surface area contributed by atoms with Crippen LogP contribution in [0.25, 0.3) is 21.8 Å². The summed E-state index contributed by atoms with van der Waals surface area (Å²) in [5.41, 5.74) is 3.45. The van der Waals surface area contributed by atoms with Crippen molar-refractivity contribution >= 4 is 27.7 Å². The van der Waals surface area contributed by atoms with Gasteiger partial charge in [-0.2, -0.15) is 0 Å². The fraction of sp³-hybridized carbons (Fsp3) is 0.435. The molecule has 2 heterocycles. The second-order valence-corrected chi connectivity index (χ2v) is 8.10. The van der Waals surface area contributed by atoms with Crippen molar-refractivity contribution in [1.29, 1.82) is 0 Å². The molecule has 2 fully saturated rings. The van der Waals surface area contributed by atoms with Gasteiger partial charge in [-0.05, 0) is 30.2 Å². The minimum Gasteiger partial charge on any atom is -0.384 e. The van der Waals surface area contributed by atoms with Gasteiger partial charge in [-0.1, -0.05) is 24.3 Å². The molecule has 5 rings (SSSR count). The zero-order chi connectivity index (χ0) is 19.3. The number of nitrogens with zero attached hydrogens (tertiary/aromatic N) is 1. The molecule has 1 N–H and O–H groups in total. The fourth-order valence-corrected chi connectivity index (χ4v) is 5.18. The van der Waals surface area contributed by atoms with Crippen LogP contribution in [0.3, 0.4) is 0 Å². The summed E-state index contributed by atoms with van der Waals surface area (Å²) in [4.78, 5) is 12.8. The predicted octanol–water partition coefficient (Wildman–Crippen LogP) is 3.04. The van der Waals surface area contributed by atoms with E-state index >= 15 is 0 Å². The fourth-order valence-electron chi connectivity index (χ4n) is 5.18. The Kier molecular flexibility index (Phi) is 4.37. The summed E-state index contributed by atoms with van der Waals surface area (Å²) in [7, 11) is 3.80. The molecule has 146 valence electrons. The van der Waals surface area contributed by atoms with E-state index in [4.69, 9.17) is 9.47 Å². The number of rotatable bonds is 5. The summed E-state index contributed by atoms with van der Waals surface area (Å²) in [6.07, 6.45) is 1.67. The maximum absolute atomic E-state index is 12.8. The number of hydrogen-bond donors (Lipinski definition) is 1. The second kappa shape index (κ2) is 6.90. The van der Waals surface area contributed by atoms with Crippen molar-refractivity contribution in [2.75, 3.05) is 20.3 Å². The summed E-state index contributed by atoms with van der Waals surface area (Å²) in [6, 6.07) is 14.9. The number of ether oxygens (including phenoxy) is 2. The lowest BCUT2D eigenvalue weighted by Crippen LogP contribution is -2.62. The van der Waals surface area contributed by atoms with E-state index in [0.717, 1.165) is 18.6 Å². The van der Waals surface area contributed by atoms with Gasteiger partial charge in [0.2, 0.25) is 5.91 Å². The molecule has 4 atom stereocenters. The van der Waals surface area contributed by atoms with Crippen molar-refractivity contribution < 1.29 is 14.3 Å². The molecule has 0 unspecified atom stereocenters. The van der Waals surface area contributed by atoms with Crippen molar-refractivity contribution in [3.05, 3.63) is 48.0 Å². The van der Waals surface area contributed by atoms with Gasteiger partial charge in [-0.15, -0.1) is 0 Å². The van der Waals surface area contributed by atoms with E-state index in [0.29, 0.717) is 18.9 Å². The van der Waals surface area contributed by atoms with Crippen LogP contribution in [0.4, 0.5) is 0 Å². The smallest absolute Gasteiger partial charge is 0.224 e. The third-order valence-corrected chi connectivity index (χ3v) is 6.56. The van der Waals surface area contributed by atoms with Gasteiger partial charge in [0.1, 0.15) is 0 Å². The van der Waals surface area contributed by atoms with Gasteiger partial charge in [0.05, 0.1) is 19.1 Å². The Morgan fingerprint density at radius 3 is 2.89 bits per heavy atom. The van der Waals surface area contributed by atoms with E-state index in [2.05, 4.69) is 59.4 Å². The number of aromatic nitrogens is 1. The highest BCUT2D eigenvalue weighted by Gasteiger charge is 2.54. The molecule has 1 amide bonds. The van der Waals surface area contributed by atoms with E-state index in [1.807, 2.05) is 0 Å². The molecule has 2 aromatic carbocycles. The number of carbonyl (C=O) groups excluding carboxylic acids is 1. The number of aryl methyl sites for hydroxylation is 1. The Morgan fingerprint density at radius 1 is 1.21 bits per heavy atom. The van der Waals surface area contributed by atoms with Crippen LogP contribution in [0.15, 0.2) is 42.5 Å². The normalized spacial score (nSPS) is 26.4. The van der Waals surface area contributed by atoms with Crippen molar-refractivity contribution in [2.24, 2.45) is 18.9 Å². The van der Waals surface area contributed by atoms with Crippen LogP contribution in [0, 0.1) is 11.8 Å². The van der Waals surface area contributed by atoms with E-state index in [9.17, 15) is 4.79 Å². The maximum atomic E-state index is 12.8. The van der Waals surface area contributed by atoms with Gasteiger partial charge in [0.15, 0.2) is 0 Å². The molecular formula is C23H26N2O3. The van der Waals surface area contributed by atoms with Crippen molar-refractivity contribution in [1.82, 2.24) is 9.88 Å². The largest absolute Gasteiger partial charge is 0.384 e. The van der Waals surface area contributed by atoms with Gasteiger partial charge in [-0.25, -0.2) is 0 Å². The maximum Gasteiger partial charge on any atom is 0.224 e. The van der Waals surface area contributed by atoms with Crippen molar-refractivity contribution in [2.45, 2.75) is 25.0 Å². The van der Waals surface area contributed by atoms with Gasteiger partial charge < -0.3 is 19.4 Å². The molecular weight excluding hydrogens is 352 g/mol. The second-order valence-electron chi connectivity index (χ2n) is 8.10. The molecule has 5 heteroatoms. The van der Waals surface area contributed by atoms with Gasteiger partial charge in [-0.3, -0.25) is 4.79 Å². The van der Waals surface area contributed by atoms with Gasteiger partial charge >= 0.3 is 0 Å². The van der Waals surface area contributed by atoms with Crippen LogP contribution < -0.4 is 5.32 Å². The summed E-state index contributed by atoms with van der Waals surface area (Å²) in [5.74, 6) is 0.780. The number of methoxy groups -OCH3 is 1. The van der Waals surface area contributed by atoms with Crippen molar-refractivity contribution in [3.8, 4) is 0 Å². The molecule has 5 nitrogen and oxygen atoms in total. The Hall–Kier alpha value is -2.37. The molecule has 0 bridgehead atoms. The summed E-state index contributed by atoms with van der Waals surface area (Å²) in [6.45, 7) is 1.42. The molecule has 1 aromatic heterocycles. The average Bonchev–Trinajstić information content (AvgIpc) is 3.25. The van der Waals surface area contributed by atoms with Gasteiger partial charge in [0, 0.05) is 60.4 Å². The molecule has 1 aliphatic carbocycles. The van der Waals surface area contributed by atoms with Crippen LogP contribution in [-0.2, 0) is 27.7 Å². The lowest BCUT2D eigenvalue weighted by Gasteiger charge is -2.47. The van der Waals surface area contributed by atoms with E-state index in [-0.39, 0.29) is 24.0 Å². The number of benzene rings is 2. The van der Waals surface area contributed by atoms with Crippen LogP contribution in [0.2, 0.25) is 0 Å². The highest BCUT2D eigenvalue weighted by molar-refractivity contribution is 6.08. The number of carbonyl (C=O) groups is 1. The summed E-state index contributed by atoms with van der Waals surface area (Å²) >= 11 is 0. The number of hydrogen-bond acceptors (Lipinski definition) is 3. The third kappa shape index (κ3) is 2.73.